The number of rotatable bonds is 6. The molecule has 7 heteroatoms. The van der Waals surface area contributed by atoms with E-state index in [4.69, 9.17) is 20.3 Å². The minimum Gasteiger partial charge on any atom is -0.508 e. The smallest absolute Gasteiger partial charge is 0.159 e. The number of aromatic hydroxyl groups is 1. The number of fused-ring (bicyclic) bond motifs is 1. The van der Waals surface area contributed by atoms with Crippen molar-refractivity contribution in [3.05, 3.63) is 53.6 Å². The first kappa shape index (κ1) is 19.6. The lowest BCUT2D eigenvalue weighted by Gasteiger charge is -2.35. The summed E-state index contributed by atoms with van der Waals surface area (Å²) in [6.07, 6.45) is 3.27. The van der Waals surface area contributed by atoms with Crippen molar-refractivity contribution in [2.24, 2.45) is 0 Å². The van der Waals surface area contributed by atoms with E-state index in [2.05, 4.69) is 12.2 Å². The van der Waals surface area contributed by atoms with Gasteiger partial charge in [0.1, 0.15) is 28.7 Å². The summed E-state index contributed by atoms with van der Waals surface area (Å²) in [4.78, 5) is 0. The zero-order valence-electron chi connectivity index (χ0n) is 16.3. The highest BCUT2D eigenvalue weighted by Crippen LogP contribution is 2.36. The molecule has 152 valence electrons. The van der Waals surface area contributed by atoms with Gasteiger partial charge in [-0.25, -0.2) is 0 Å². The zero-order chi connectivity index (χ0) is 20.4. The highest BCUT2D eigenvalue weighted by atomic mass is 32.2. The number of ether oxygens (including phenoxy) is 2. The van der Waals surface area contributed by atoms with Crippen LogP contribution in [0, 0.1) is 10.8 Å². The van der Waals surface area contributed by atoms with Gasteiger partial charge in [-0.2, -0.15) is 0 Å². The number of hydrogen-bond donors (Lipinski definition) is 4. The Morgan fingerprint density at radius 3 is 2.76 bits per heavy atom. The number of nitrogens with one attached hydrogen (secondary N) is 3. The molecule has 1 saturated heterocycles. The van der Waals surface area contributed by atoms with Gasteiger partial charge in [-0.15, -0.1) is 0 Å². The van der Waals surface area contributed by atoms with Gasteiger partial charge in [0.25, 0.3) is 0 Å². The van der Waals surface area contributed by atoms with Gasteiger partial charge < -0.3 is 19.9 Å². The van der Waals surface area contributed by atoms with Crippen LogP contribution in [0.3, 0.4) is 0 Å². The predicted molar refractivity (Wildman–Crippen MR) is 116 cm³/mol. The van der Waals surface area contributed by atoms with Crippen molar-refractivity contribution in [3.8, 4) is 17.2 Å². The SMILES string of the molecule is CC1(CCOc2ccc(CC3SC(=N)NC3=N)cc2)CCc2cc(O)ccc2O1. The van der Waals surface area contributed by atoms with E-state index < -0.39 is 0 Å². The maximum atomic E-state index is 9.61. The van der Waals surface area contributed by atoms with Gasteiger partial charge in [0.15, 0.2) is 5.17 Å². The van der Waals surface area contributed by atoms with Crippen LogP contribution in [-0.4, -0.2) is 33.6 Å². The van der Waals surface area contributed by atoms with E-state index in [1.54, 1.807) is 12.1 Å². The van der Waals surface area contributed by atoms with Crippen molar-refractivity contribution >= 4 is 22.8 Å². The first-order valence-electron chi connectivity index (χ1n) is 9.74. The van der Waals surface area contributed by atoms with Gasteiger partial charge >= 0.3 is 0 Å². The average molecular weight is 412 g/mol. The van der Waals surface area contributed by atoms with E-state index in [0.29, 0.717) is 17.6 Å². The van der Waals surface area contributed by atoms with E-state index >= 15 is 0 Å². The number of aryl methyl sites for hydroxylation is 1. The molecule has 0 aromatic heterocycles. The van der Waals surface area contributed by atoms with Crippen molar-refractivity contribution in [3.63, 3.8) is 0 Å². The summed E-state index contributed by atoms with van der Waals surface area (Å²) in [6.45, 7) is 2.67. The van der Waals surface area contributed by atoms with Crippen LogP contribution >= 0.6 is 11.8 Å². The van der Waals surface area contributed by atoms with E-state index in [-0.39, 0.29) is 16.6 Å². The largest absolute Gasteiger partial charge is 0.508 e. The van der Waals surface area contributed by atoms with E-state index in [0.717, 1.165) is 48.3 Å². The second kappa shape index (κ2) is 7.99. The summed E-state index contributed by atoms with van der Waals surface area (Å²) in [7, 11) is 0. The molecule has 2 heterocycles. The van der Waals surface area contributed by atoms with Crippen molar-refractivity contribution in [2.45, 2.75) is 43.5 Å². The van der Waals surface area contributed by atoms with Crippen LogP contribution in [0.2, 0.25) is 0 Å². The minimum atomic E-state index is -0.276. The molecule has 2 aromatic rings. The van der Waals surface area contributed by atoms with E-state index in [9.17, 15) is 5.11 Å². The molecule has 2 aliphatic heterocycles. The zero-order valence-corrected chi connectivity index (χ0v) is 17.1. The third-order valence-electron chi connectivity index (χ3n) is 5.40. The molecule has 0 radical (unpaired) electrons. The van der Waals surface area contributed by atoms with Crippen LogP contribution in [0.5, 0.6) is 17.2 Å². The molecule has 2 aliphatic rings. The molecule has 4 N–H and O–H groups in total. The number of phenolic OH excluding ortho intramolecular Hbond substituents is 1. The Labute approximate surface area is 174 Å². The molecule has 0 spiro atoms. The lowest BCUT2D eigenvalue weighted by molar-refractivity contribution is 0.0422. The van der Waals surface area contributed by atoms with Crippen molar-refractivity contribution in [1.82, 2.24) is 5.32 Å². The molecule has 0 bridgehead atoms. The fraction of sp³-hybridized carbons (Fsp3) is 0.364. The van der Waals surface area contributed by atoms with Crippen LogP contribution in [0.4, 0.5) is 0 Å². The topological polar surface area (TPSA) is 98.4 Å². The van der Waals surface area contributed by atoms with E-state index in [1.165, 1.54) is 11.8 Å². The summed E-state index contributed by atoms with van der Waals surface area (Å²) < 4.78 is 12.1. The van der Waals surface area contributed by atoms with Crippen LogP contribution in [0.25, 0.3) is 0 Å². The maximum absolute atomic E-state index is 9.61. The van der Waals surface area contributed by atoms with Crippen molar-refractivity contribution in [2.75, 3.05) is 6.61 Å². The monoisotopic (exact) mass is 411 g/mol. The molecular formula is C22H25N3O3S. The molecule has 2 unspecified atom stereocenters. The molecule has 29 heavy (non-hydrogen) atoms. The number of hydrogen-bond acceptors (Lipinski definition) is 6. The van der Waals surface area contributed by atoms with Gasteiger partial charge in [0.2, 0.25) is 0 Å². The molecule has 2 atom stereocenters. The molecule has 6 nitrogen and oxygen atoms in total. The first-order valence-corrected chi connectivity index (χ1v) is 10.6. The highest BCUT2D eigenvalue weighted by molar-refractivity contribution is 8.15. The summed E-state index contributed by atoms with van der Waals surface area (Å²) in [5.74, 6) is 2.34. The molecule has 1 fully saturated rings. The molecule has 0 saturated carbocycles. The minimum absolute atomic E-state index is 0.0116. The summed E-state index contributed by atoms with van der Waals surface area (Å²) in [5, 5.41) is 28.2. The van der Waals surface area contributed by atoms with Crippen LogP contribution in [-0.2, 0) is 12.8 Å². The second-order valence-electron chi connectivity index (χ2n) is 7.76. The number of amidine groups is 2. The second-order valence-corrected chi connectivity index (χ2v) is 8.98. The fourth-order valence-electron chi connectivity index (χ4n) is 3.65. The van der Waals surface area contributed by atoms with Gasteiger partial charge in [0.05, 0.1) is 11.9 Å². The molecular weight excluding hydrogens is 386 g/mol. The number of benzene rings is 2. The normalized spacial score (nSPS) is 23.3. The van der Waals surface area contributed by atoms with Crippen molar-refractivity contribution < 1.29 is 14.6 Å². The Bertz CT molecular complexity index is 931. The lowest BCUT2D eigenvalue weighted by atomic mass is 9.90. The Morgan fingerprint density at radius 2 is 2.03 bits per heavy atom. The van der Waals surface area contributed by atoms with Gasteiger partial charge in [0, 0.05) is 6.42 Å². The van der Waals surface area contributed by atoms with Crippen LogP contribution in [0.15, 0.2) is 42.5 Å². The predicted octanol–water partition coefficient (Wildman–Crippen LogP) is 4.10. The first-order chi connectivity index (χ1) is 13.9. The van der Waals surface area contributed by atoms with Crippen molar-refractivity contribution in [1.29, 1.82) is 10.8 Å². The Morgan fingerprint density at radius 1 is 1.24 bits per heavy atom. The van der Waals surface area contributed by atoms with Crippen LogP contribution < -0.4 is 14.8 Å². The molecule has 0 amide bonds. The summed E-state index contributed by atoms with van der Waals surface area (Å²) in [5.41, 5.74) is 1.90. The third kappa shape index (κ3) is 4.67. The lowest BCUT2D eigenvalue weighted by Crippen LogP contribution is -2.37. The Hall–Kier alpha value is -2.67. The molecule has 0 aliphatic carbocycles. The Balaban J connectivity index is 1.28. The molecule has 2 aromatic carbocycles. The quantitative estimate of drug-likeness (QED) is 0.574. The van der Waals surface area contributed by atoms with Gasteiger partial charge in [-0.1, -0.05) is 23.9 Å². The summed E-state index contributed by atoms with van der Waals surface area (Å²) in [6, 6.07) is 13.2. The standard InChI is InChI=1S/C22H25N3O3S/c1-22(9-8-15-13-16(26)4-7-18(15)28-22)10-11-27-17-5-2-14(3-6-17)12-19-20(23)25-21(24)29-19/h2-7,13,19,26H,8-12H2,1H3,(H3,23,24,25). The highest BCUT2D eigenvalue weighted by Gasteiger charge is 2.31. The van der Waals surface area contributed by atoms with Gasteiger partial charge in [-0.05, 0) is 67.6 Å². The Kier molecular flexibility index (Phi) is 5.41. The number of phenols is 1. The maximum Gasteiger partial charge on any atom is 0.159 e. The number of thioether (sulfide) groups is 1. The average Bonchev–Trinajstić information content (AvgIpc) is 3.00. The molecule has 4 rings (SSSR count). The van der Waals surface area contributed by atoms with Crippen LogP contribution in [0.1, 0.15) is 30.9 Å². The van der Waals surface area contributed by atoms with E-state index in [1.807, 2.05) is 30.3 Å². The third-order valence-corrected chi connectivity index (χ3v) is 6.42. The summed E-state index contributed by atoms with van der Waals surface area (Å²) >= 11 is 1.39. The fourth-order valence-corrected chi connectivity index (χ4v) is 4.56. The van der Waals surface area contributed by atoms with Gasteiger partial charge in [-0.3, -0.25) is 10.8 Å².